The van der Waals surface area contributed by atoms with Gasteiger partial charge < -0.3 is 15.2 Å². The Hall–Kier alpha value is -3.85. The molecular weight excluding hydrogens is 412 g/mol. The Morgan fingerprint density at radius 1 is 1.12 bits per heavy atom. The molecule has 0 fully saturated rings. The SMILES string of the molecule is COCCN(C(=O)c1ccc(C)c(OC)c1)c1c(N)n(Cc2ccccc2)c(=O)[nH]c1=O. The van der Waals surface area contributed by atoms with Crippen molar-refractivity contribution in [2.24, 2.45) is 0 Å². The lowest BCUT2D eigenvalue weighted by Gasteiger charge is -2.24. The molecule has 1 aromatic heterocycles. The Balaban J connectivity index is 2.11. The van der Waals surface area contributed by atoms with Gasteiger partial charge in [-0.25, -0.2) is 4.79 Å². The number of nitrogens with zero attached hydrogens (tertiary/aromatic N) is 2. The van der Waals surface area contributed by atoms with E-state index in [1.165, 1.54) is 23.7 Å². The monoisotopic (exact) mass is 438 g/mol. The summed E-state index contributed by atoms with van der Waals surface area (Å²) in [7, 11) is 3.00. The summed E-state index contributed by atoms with van der Waals surface area (Å²) in [4.78, 5) is 42.2. The highest BCUT2D eigenvalue weighted by molar-refractivity contribution is 6.07. The lowest BCUT2D eigenvalue weighted by atomic mass is 10.1. The molecule has 3 aromatic rings. The number of aromatic nitrogens is 2. The number of carbonyl (C=O) groups excluding carboxylic acids is 1. The summed E-state index contributed by atoms with van der Waals surface area (Å²) in [6.45, 7) is 2.21. The zero-order chi connectivity index (χ0) is 23.3. The van der Waals surface area contributed by atoms with Crippen LogP contribution in [0.2, 0.25) is 0 Å². The maximum Gasteiger partial charge on any atom is 0.330 e. The number of carbonyl (C=O) groups is 1. The smallest absolute Gasteiger partial charge is 0.330 e. The number of ether oxygens (including phenoxy) is 2. The standard InChI is InChI=1S/C23H26N4O5/c1-15-9-10-17(13-18(15)32-3)22(29)26(11-12-31-2)19-20(24)27(23(30)25-21(19)28)14-16-7-5-4-6-8-16/h4-10,13H,11-12,14,24H2,1-3H3,(H,25,28,30). The van der Waals surface area contributed by atoms with Crippen molar-refractivity contribution in [1.29, 1.82) is 0 Å². The van der Waals surface area contributed by atoms with Gasteiger partial charge in [0.15, 0.2) is 5.69 Å². The minimum Gasteiger partial charge on any atom is -0.496 e. The van der Waals surface area contributed by atoms with Gasteiger partial charge in [-0.3, -0.25) is 24.0 Å². The van der Waals surface area contributed by atoms with Gasteiger partial charge in [-0.05, 0) is 30.2 Å². The molecule has 9 heteroatoms. The molecule has 1 amide bonds. The summed E-state index contributed by atoms with van der Waals surface area (Å²) >= 11 is 0. The maximum absolute atomic E-state index is 13.4. The van der Waals surface area contributed by atoms with E-state index in [2.05, 4.69) is 4.98 Å². The van der Waals surface area contributed by atoms with Gasteiger partial charge in [0.05, 0.1) is 20.3 Å². The summed E-state index contributed by atoms with van der Waals surface area (Å²) < 4.78 is 11.7. The minimum atomic E-state index is -0.750. The van der Waals surface area contributed by atoms with E-state index in [0.29, 0.717) is 11.3 Å². The Kier molecular flexibility index (Phi) is 7.11. The van der Waals surface area contributed by atoms with Crippen molar-refractivity contribution in [3.63, 3.8) is 0 Å². The number of benzene rings is 2. The molecule has 0 atom stereocenters. The van der Waals surface area contributed by atoms with Gasteiger partial charge in [0.25, 0.3) is 11.5 Å². The van der Waals surface area contributed by atoms with Crippen LogP contribution in [0.4, 0.5) is 11.5 Å². The van der Waals surface area contributed by atoms with Crippen LogP contribution in [0.1, 0.15) is 21.5 Å². The summed E-state index contributed by atoms with van der Waals surface area (Å²) in [6, 6.07) is 14.2. The number of aromatic amines is 1. The Bertz CT molecular complexity index is 1220. The van der Waals surface area contributed by atoms with E-state index >= 15 is 0 Å². The lowest BCUT2D eigenvalue weighted by molar-refractivity contribution is 0.0975. The first-order chi connectivity index (χ1) is 15.4. The summed E-state index contributed by atoms with van der Waals surface area (Å²) in [5, 5.41) is 0. The summed E-state index contributed by atoms with van der Waals surface area (Å²) in [5.74, 6) is -0.0351. The largest absolute Gasteiger partial charge is 0.496 e. The number of anilines is 2. The summed E-state index contributed by atoms with van der Waals surface area (Å²) in [5.41, 5.74) is 6.76. The topological polar surface area (TPSA) is 120 Å². The van der Waals surface area contributed by atoms with Gasteiger partial charge in [0, 0.05) is 19.2 Å². The van der Waals surface area contributed by atoms with Gasteiger partial charge in [-0.15, -0.1) is 0 Å². The van der Waals surface area contributed by atoms with Crippen LogP contribution in [0.25, 0.3) is 0 Å². The third-order valence-corrected chi connectivity index (χ3v) is 5.09. The third-order valence-electron chi connectivity index (χ3n) is 5.09. The zero-order valence-corrected chi connectivity index (χ0v) is 18.3. The Morgan fingerprint density at radius 3 is 2.50 bits per heavy atom. The van der Waals surface area contributed by atoms with E-state index in [9.17, 15) is 14.4 Å². The minimum absolute atomic E-state index is 0.0579. The van der Waals surface area contributed by atoms with Crippen molar-refractivity contribution in [1.82, 2.24) is 9.55 Å². The van der Waals surface area contributed by atoms with Crippen molar-refractivity contribution in [3.8, 4) is 5.75 Å². The first-order valence-electron chi connectivity index (χ1n) is 9.99. The fraction of sp³-hybridized carbons (Fsp3) is 0.261. The molecular formula is C23H26N4O5. The number of amides is 1. The molecule has 0 aliphatic carbocycles. The quantitative estimate of drug-likeness (QED) is 0.553. The highest BCUT2D eigenvalue weighted by atomic mass is 16.5. The highest BCUT2D eigenvalue weighted by Gasteiger charge is 2.25. The molecule has 3 N–H and O–H groups in total. The second kappa shape index (κ2) is 9.97. The van der Waals surface area contributed by atoms with Gasteiger partial charge in [-0.2, -0.15) is 0 Å². The zero-order valence-electron chi connectivity index (χ0n) is 18.3. The molecule has 0 bridgehead atoms. The van der Waals surface area contributed by atoms with E-state index in [0.717, 1.165) is 11.1 Å². The van der Waals surface area contributed by atoms with Crippen molar-refractivity contribution in [2.45, 2.75) is 13.5 Å². The van der Waals surface area contributed by atoms with E-state index in [1.807, 2.05) is 37.3 Å². The average molecular weight is 438 g/mol. The van der Waals surface area contributed by atoms with E-state index in [-0.39, 0.29) is 31.2 Å². The maximum atomic E-state index is 13.4. The Labute approximate surface area is 185 Å². The number of nitrogens with one attached hydrogen (secondary N) is 1. The molecule has 0 aliphatic rings. The van der Waals surface area contributed by atoms with Crippen LogP contribution in [-0.2, 0) is 11.3 Å². The molecule has 9 nitrogen and oxygen atoms in total. The second-order valence-corrected chi connectivity index (χ2v) is 7.20. The molecule has 0 unspecified atom stereocenters. The van der Waals surface area contributed by atoms with Gasteiger partial charge in [0.1, 0.15) is 11.6 Å². The Morgan fingerprint density at radius 2 is 1.84 bits per heavy atom. The van der Waals surface area contributed by atoms with Crippen molar-refractivity contribution in [3.05, 3.63) is 86.1 Å². The summed E-state index contributed by atoms with van der Waals surface area (Å²) in [6.07, 6.45) is 0. The predicted octanol–water partition coefficient (Wildman–Crippen LogP) is 1.78. The van der Waals surface area contributed by atoms with Crippen LogP contribution in [0.5, 0.6) is 5.75 Å². The fourth-order valence-corrected chi connectivity index (χ4v) is 3.37. The number of H-pyrrole nitrogens is 1. The number of nitrogens with two attached hydrogens (primary N) is 1. The fourth-order valence-electron chi connectivity index (χ4n) is 3.37. The molecule has 0 aliphatic heterocycles. The van der Waals surface area contributed by atoms with E-state index < -0.39 is 17.2 Å². The van der Waals surface area contributed by atoms with Crippen LogP contribution >= 0.6 is 0 Å². The van der Waals surface area contributed by atoms with E-state index in [4.69, 9.17) is 15.2 Å². The predicted molar refractivity (Wildman–Crippen MR) is 123 cm³/mol. The second-order valence-electron chi connectivity index (χ2n) is 7.20. The number of methoxy groups -OCH3 is 2. The molecule has 0 saturated heterocycles. The molecule has 1 heterocycles. The molecule has 0 saturated carbocycles. The lowest BCUT2D eigenvalue weighted by Crippen LogP contribution is -2.42. The molecule has 2 aromatic carbocycles. The third kappa shape index (κ3) is 4.73. The molecule has 0 radical (unpaired) electrons. The van der Waals surface area contributed by atoms with Crippen molar-refractivity contribution < 1.29 is 14.3 Å². The van der Waals surface area contributed by atoms with Crippen molar-refractivity contribution >= 4 is 17.4 Å². The van der Waals surface area contributed by atoms with Crippen molar-refractivity contribution in [2.75, 3.05) is 38.0 Å². The van der Waals surface area contributed by atoms with Crippen LogP contribution in [0.15, 0.2) is 58.1 Å². The number of nitrogen functional groups attached to an aromatic ring is 1. The van der Waals surface area contributed by atoms with Crippen LogP contribution in [0.3, 0.4) is 0 Å². The van der Waals surface area contributed by atoms with E-state index in [1.54, 1.807) is 18.2 Å². The van der Waals surface area contributed by atoms with Crippen LogP contribution in [-0.4, -0.2) is 42.8 Å². The van der Waals surface area contributed by atoms with Gasteiger partial charge in [0.2, 0.25) is 0 Å². The number of rotatable bonds is 8. The first-order valence-corrected chi connectivity index (χ1v) is 9.99. The number of hydrogen-bond donors (Lipinski definition) is 2. The molecule has 32 heavy (non-hydrogen) atoms. The first kappa shape index (κ1) is 22.8. The molecule has 0 spiro atoms. The highest BCUT2D eigenvalue weighted by Crippen LogP contribution is 2.24. The molecule has 3 rings (SSSR count). The molecule has 168 valence electrons. The number of aryl methyl sites for hydroxylation is 1. The number of hydrogen-bond acceptors (Lipinski definition) is 6. The van der Waals surface area contributed by atoms with Gasteiger partial charge >= 0.3 is 5.69 Å². The van der Waals surface area contributed by atoms with Gasteiger partial charge in [-0.1, -0.05) is 36.4 Å². The van der Waals surface area contributed by atoms with Crippen LogP contribution in [0, 0.1) is 6.92 Å². The van der Waals surface area contributed by atoms with Crippen LogP contribution < -0.4 is 26.6 Å². The normalized spacial score (nSPS) is 10.7. The average Bonchev–Trinajstić information content (AvgIpc) is 2.79.